The van der Waals surface area contributed by atoms with Gasteiger partial charge in [-0.25, -0.2) is 4.79 Å². The van der Waals surface area contributed by atoms with E-state index >= 15 is 0 Å². The molecule has 0 bridgehead atoms. The summed E-state index contributed by atoms with van der Waals surface area (Å²) < 4.78 is 7.99. The second kappa shape index (κ2) is 7.40. The fourth-order valence-electron chi connectivity index (χ4n) is 5.10. The Morgan fingerprint density at radius 3 is 3.07 bits per heavy atom. The summed E-state index contributed by atoms with van der Waals surface area (Å²) in [5, 5.41) is 18.7. The van der Waals surface area contributed by atoms with Crippen LogP contribution in [-0.2, 0) is 11.2 Å². The Morgan fingerprint density at radius 1 is 1.34 bits per heavy atom. The number of carbonyl (C=O) groups excluding carboxylic acids is 1. The van der Waals surface area contributed by atoms with Crippen molar-refractivity contribution in [3.63, 3.8) is 0 Å². The molecule has 1 amide bonds. The van der Waals surface area contributed by atoms with E-state index in [4.69, 9.17) is 4.74 Å². The van der Waals surface area contributed by atoms with Crippen molar-refractivity contribution in [2.45, 2.75) is 63.6 Å². The number of hydrogen-bond donors (Lipinski definition) is 1. The van der Waals surface area contributed by atoms with Crippen LogP contribution >= 0.6 is 0 Å². The van der Waals surface area contributed by atoms with E-state index in [1.165, 1.54) is 0 Å². The zero-order valence-corrected chi connectivity index (χ0v) is 16.7. The SMILES string of the molecule is CC[C@@H]1C[C@H](OC(=O)N2CCC[C@@H](O)C2)CC1c1nnc2cnc3c(n12)C=CC3. The molecular weight excluding hydrogens is 370 g/mol. The van der Waals surface area contributed by atoms with Crippen LogP contribution in [0.1, 0.15) is 62.2 Å². The van der Waals surface area contributed by atoms with Gasteiger partial charge in [-0.3, -0.25) is 9.38 Å². The molecule has 1 aliphatic heterocycles. The van der Waals surface area contributed by atoms with E-state index in [-0.39, 0.29) is 18.1 Å². The van der Waals surface area contributed by atoms with E-state index < -0.39 is 6.10 Å². The third kappa shape index (κ3) is 3.29. The summed E-state index contributed by atoms with van der Waals surface area (Å²) in [5.74, 6) is 1.53. The lowest BCUT2D eigenvalue weighted by Crippen LogP contribution is -2.43. The van der Waals surface area contributed by atoms with Gasteiger partial charge in [0.1, 0.15) is 11.9 Å². The second-order valence-corrected chi connectivity index (χ2v) is 8.44. The van der Waals surface area contributed by atoms with Crippen LogP contribution in [0, 0.1) is 5.92 Å². The van der Waals surface area contributed by atoms with Crippen LogP contribution in [-0.4, -0.2) is 61.0 Å². The minimum atomic E-state index is -0.442. The third-order valence-corrected chi connectivity index (χ3v) is 6.60. The molecule has 0 aromatic carbocycles. The summed E-state index contributed by atoms with van der Waals surface area (Å²) in [4.78, 5) is 18.7. The van der Waals surface area contributed by atoms with Crippen LogP contribution in [0.5, 0.6) is 0 Å². The number of amides is 1. The molecule has 5 rings (SSSR count). The van der Waals surface area contributed by atoms with Crippen molar-refractivity contribution in [3.8, 4) is 0 Å². The Bertz CT molecular complexity index is 955. The van der Waals surface area contributed by atoms with Crippen LogP contribution in [0.25, 0.3) is 11.7 Å². The lowest BCUT2D eigenvalue weighted by Gasteiger charge is -2.30. The molecule has 1 N–H and O–H groups in total. The second-order valence-electron chi connectivity index (χ2n) is 8.44. The van der Waals surface area contributed by atoms with Crippen molar-refractivity contribution in [2.24, 2.45) is 5.92 Å². The molecule has 29 heavy (non-hydrogen) atoms. The number of rotatable bonds is 3. The Labute approximate surface area is 169 Å². The van der Waals surface area contributed by atoms with Gasteiger partial charge in [-0.1, -0.05) is 19.4 Å². The van der Waals surface area contributed by atoms with E-state index in [0.717, 1.165) is 61.4 Å². The fourth-order valence-corrected chi connectivity index (χ4v) is 5.10. The average molecular weight is 397 g/mol. The van der Waals surface area contributed by atoms with Gasteiger partial charge in [0.2, 0.25) is 0 Å². The number of hydrogen-bond acceptors (Lipinski definition) is 6. The smallest absolute Gasteiger partial charge is 0.410 e. The number of β-amino-alcohol motifs (C(OH)–C–C–N with tert-alkyl or cyclic N) is 1. The Balaban J connectivity index is 1.36. The highest BCUT2D eigenvalue weighted by molar-refractivity contribution is 5.68. The van der Waals surface area contributed by atoms with Crippen molar-refractivity contribution in [1.82, 2.24) is 24.5 Å². The molecule has 2 aliphatic carbocycles. The van der Waals surface area contributed by atoms with Crippen molar-refractivity contribution in [2.75, 3.05) is 13.1 Å². The lowest BCUT2D eigenvalue weighted by atomic mass is 9.93. The van der Waals surface area contributed by atoms with Crippen molar-refractivity contribution >= 4 is 17.8 Å². The summed E-state index contributed by atoms with van der Waals surface area (Å²) in [5.41, 5.74) is 2.89. The van der Waals surface area contributed by atoms with Crippen molar-refractivity contribution in [1.29, 1.82) is 0 Å². The van der Waals surface area contributed by atoms with Gasteiger partial charge in [0, 0.05) is 25.4 Å². The zero-order chi connectivity index (χ0) is 20.0. The molecule has 1 saturated carbocycles. The minimum Gasteiger partial charge on any atom is -0.446 e. The maximum absolute atomic E-state index is 12.6. The molecule has 8 heteroatoms. The molecular formula is C21H27N5O3. The molecule has 2 fully saturated rings. The molecule has 1 saturated heterocycles. The van der Waals surface area contributed by atoms with Crippen LogP contribution < -0.4 is 0 Å². The predicted molar refractivity (Wildman–Crippen MR) is 106 cm³/mol. The Hall–Kier alpha value is -2.48. The molecule has 1 unspecified atom stereocenters. The van der Waals surface area contributed by atoms with E-state index in [0.29, 0.717) is 19.0 Å². The predicted octanol–water partition coefficient (Wildman–Crippen LogP) is 2.56. The molecule has 8 nitrogen and oxygen atoms in total. The number of aliphatic hydroxyl groups is 1. The van der Waals surface area contributed by atoms with E-state index in [2.05, 4.69) is 38.7 Å². The summed E-state index contributed by atoms with van der Waals surface area (Å²) in [6, 6.07) is 0. The van der Waals surface area contributed by atoms with Gasteiger partial charge in [0.25, 0.3) is 0 Å². The number of aromatic nitrogens is 4. The number of carbonyl (C=O) groups is 1. The van der Waals surface area contributed by atoms with Gasteiger partial charge in [0.05, 0.1) is 23.7 Å². The minimum absolute atomic E-state index is 0.130. The number of allylic oxidation sites excluding steroid dienone is 1. The fraction of sp³-hybridized carbons (Fsp3) is 0.619. The van der Waals surface area contributed by atoms with E-state index in [1.54, 1.807) is 11.1 Å². The van der Waals surface area contributed by atoms with E-state index in [1.807, 2.05) is 0 Å². The lowest BCUT2D eigenvalue weighted by molar-refractivity contribution is 0.0292. The van der Waals surface area contributed by atoms with Crippen LogP contribution in [0.3, 0.4) is 0 Å². The highest BCUT2D eigenvalue weighted by Crippen LogP contribution is 2.43. The Kier molecular flexibility index (Phi) is 4.73. The number of fused-ring (bicyclic) bond motifs is 3. The quantitative estimate of drug-likeness (QED) is 0.856. The van der Waals surface area contributed by atoms with Gasteiger partial charge < -0.3 is 14.7 Å². The maximum atomic E-state index is 12.6. The number of likely N-dealkylation sites (tertiary alicyclic amines) is 1. The first-order valence-electron chi connectivity index (χ1n) is 10.7. The van der Waals surface area contributed by atoms with Gasteiger partial charge in [-0.15, -0.1) is 10.2 Å². The van der Waals surface area contributed by atoms with Gasteiger partial charge >= 0.3 is 6.09 Å². The molecule has 3 aliphatic rings. The molecule has 154 valence electrons. The first-order chi connectivity index (χ1) is 14.1. The summed E-state index contributed by atoms with van der Waals surface area (Å²) in [7, 11) is 0. The normalized spacial score (nSPS) is 28.8. The topological polar surface area (TPSA) is 92.8 Å². The first-order valence-corrected chi connectivity index (χ1v) is 10.7. The van der Waals surface area contributed by atoms with Crippen molar-refractivity contribution in [3.05, 3.63) is 29.5 Å². The summed E-state index contributed by atoms with van der Waals surface area (Å²) >= 11 is 0. The molecule has 4 atom stereocenters. The molecule has 0 spiro atoms. The van der Waals surface area contributed by atoms with E-state index in [9.17, 15) is 9.90 Å². The number of piperidine rings is 1. The standard InChI is InChI=1S/C21H27N5O3/c1-2-13-9-15(29-21(28)25-8-4-5-14(27)12-25)10-16(13)20-24-23-19-11-22-17-6-3-7-18(17)26(19)20/h3,7,11,13-16,27H,2,4-6,8-10,12H2,1H3/t13-,14-,15+,16?/m1/s1. The average Bonchev–Trinajstić information content (AvgIpc) is 3.44. The first kappa shape index (κ1) is 18.5. The van der Waals surface area contributed by atoms with Crippen molar-refractivity contribution < 1.29 is 14.6 Å². The van der Waals surface area contributed by atoms with Gasteiger partial charge in [-0.05, 0) is 37.7 Å². The van der Waals surface area contributed by atoms with Crippen LogP contribution in [0.2, 0.25) is 0 Å². The zero-order valence-electron chi connectivity index (χ0n) is 16.7. The Morgan fingerprint density at radius 2 is 2.24 bits per heavy atom. The van der Waals surface area contributed by atoms with Crippen LogP contribution in [0.15, 0.2) is 12.3 Å². The van der Waals surface area contributed by atoms with Gasteiger partial charge in [-0.2, -0.15) is 0 Å². The number of nitrogens with zero attached hydrogens (tertiary/aromatic N) is 5. The highest BCUT2D eigenvalue weighted by Gasteiger charge is 2.40. The number of aliphatic hydroxyl groups excluding tert-OH is 1. The summed E-state index contributed by atoms with van der Waals surface area (Å²) in [6.07, 6.45) is 10.1. The third-order valence-electron chi connectivity index (χ3n) is 6.60. The highest BCUT2D eigenvalue weighted by atomic mass is 16.6. The molecule has 3 heterocycles. The molecule has 2 aromatic rings. The molecule has 0 radical (unpaired) electrons. The summed E-state index contributed by atoms with van der Waals surface area (Å²) in [6.45, 7) is 3.20. The maximum Gasteiger partial charge on any atom is 0.410 e. The molecule has 2 aromatic heterocycles. The van der Waals surface area contributed by atoms with Gasteiger partial charge in [0.15, 0.2) is 5.65 Å². The monoisotopic (exact) mass is 397 g/mol. The van der Waals surface area contributed by atoms with Crippen LogP contribution in [0.4, 0.5) is 4.79 Å². The largest absolute Gasteiger partial charge is 0.446 e. The number of ether oxygens (including phenoxy) is 1.